The molecule has 4 heterocycles. The molecule has 0 aliphatic carbocycles. The minimum absolute atomic E-state index is 0.100. The summed E-state index contributed by atoms with van der Waals surface area (Å²) in [7, 11) is 0. The van der Waals surface area contributed by atoms with Crippen LogP contribution in [-0.2, 0) is 14.5 Å². The van der Waals surface area contributed by atoms with Gasteiger partial charge in [-0.3, -0.25) is 10.1 Å². The minimum Gasteiger partial charge on any atom is -0.457 e. The predicted octanol–water partition coefficient (Wildman–Crippen LogP) is 4.95. The Morgan fingerprint density at radius 3 is 2.31 bits per heavy atom. The molecule has 2 fully saturated rings. The highest BCUT2D eigenvalue weighted by atomic mass is 35.5. The maximum absolute atomic E-state index is 13.2. The zero-order valence-electron chi connectivity index (χ0n) is 22.9. The number of ether oxygens (including phenoxy) is 1. The number of anilines is 2. The van der Waals surface area contributed by atoms with Crippen molar-refractivity contribution in [3.05, 3.63) is 77.9 Å². The zero-order chi connectivity index (χ0) is 28.9. The summed E-state index contributed by atoms with van der Waals surface area (Å²) in [5.74, 6) is 2.03. The second-order valence-corrected chi connectivity index (χ2v) is 10.9. The van der Waals surface area contributed by atoms with E-state index < -0.39 is 11.7 Å². The molecule has 6 rings (SSSR count). The number of halogens is 1. The summed E-state index contributed by atoms with van der Waals surface area (Å²) in [5.41, 5.74) is 0.471. The number of amides is 2. The summed E-state index contributed by atoms with van der Waals surface area (Å²) in [6.45, 7) is 3.33. The van der Waals surface area contributed by atoms with Crippen molar-refractivity contribution < 1.29 is 24.0 Å². The number of aromatic nitrogens is 1. The Balaban J connectivity index is 0.931. The highest BCUT2D eigenvalue weighted by molar-refractivity contribution is 6.39. The molecule has 2 amide bonds. The van der Waals surface area contributed by atoms with Crippen molar-refractivity contribution in [2.24, 2.45) is 5.16 Å². The van der Waals surface area contributed by atoms with Gasteiger partial charge in [-0.05, 0) is 48.5 Å². The number of benzene rings is 2. The first-order valence-corrected chi connectivity index (χ1v) is 14.3. The van der Waals surface area contributed by atoms with Gasteiger partial charge in [-0.25, -0.2) is 9.78 Å². The molecule has 42 heavy (non-hydrogen) atoms. The molecule has 3 aliphatic heterocycles. The Hall–Kier alpha value is -4.35. The van der Waals surface area contributed by atoms with E-state index in [0.29, 0.717) is 80.7 Å². The molecule has 12 heteroatoms. The first-order valence-electron chi connectivity index (χ1n) is 13.9. The number of nitrogens with zero attached hydrogens (tertiary/aromatic N) is 5. The topological polar surface area (TPSA) is 109 Å². The largest absolute Gasteiger partial charge is 0.457 e. The van der Waals surface area contributed by atoms with Crippen LogP contribution in [-0.4, -0.2) is 77.5 Å². The molecule has 218 valence electrons. The second-order valence-electron chi connectivity index (χ2n) is 10.4. The Bertz CT molecular complexity index is 1440. The van der Waals surface area contributed by atoms with Crippen molar-refractivity contribution in [1.82, 2.24) is 14.9 Å². The number of hydrogen-bond donors (Lipinski definition) is 1. The van der Waals surface area contributed by atoms with Crippen molar-refractivity contribution in [3.63, 3.8) is 0 Å². The molecule has 0 saturated carbocycles. The van der Waals surface area contributed by atoms with Crippen LogP contribution in [0.3, 0.4) is 0 Å². The van der Waals surface area contributed by atoms with Crippen molar-refractivity contribution in [2.45, 2.75) is 24.9 Å². The number of hydroxylamine groups is 2. The lowest BCUT2D eigenvalue weighted by molar-refractivity contribution is -0.154. The lowest BCUT2D eigenvalue weighted by Gasteiger charge is -2.36. The fourth-order valence-corrected chi connectivity index (χ4v) is 5.53. The molecule has 0 radical (unpaired) electrons. The van der Waals surface area contributed by atoms with E-state index in [0.717, 1.165) is 11.6 Å². The van der Waals surface area contributed by atoms with Crippen molar-refractivity contribution in [1.29, 1.82) is 0 Å². The van der Waals surface area contributed by atoms with Gasteiger partial charge in [0.15, 0.2) is 0 Å². The fourth-order valence-electron chi connectivity index (χ4n) is 5.29. The molecule has 3 aliphatic rings. The Morgan fingerprint density at radius 1 is 0.881 bits per heavy atom. The van der Waals surface area contributed by atoms with Gasteiger partial charge in [-0.15, -0.1) is 5.06 Å². The number of carbonyl (C=O) groups is 2. The monoisotopic (exact) mass is 590 g/mol. The minimum atomic E-state index is -0.576. The number of rotatable bonds is 6. The fraction of sp³-hybridized carbons (Fsp3) is 0.333. The van der Waals surface area contributed by atoms with Gasteiger partial charge in [0.2, 0.25) is 0 Å². The van der Waals surface area contributed by atoms with Crippen molar-refractivity contribution >= 4 is 40.8 Å². The summed E-state index contributed by atoms with van der Waals surface area (Å²) >= 11 is 6.29. The molecule has 0 bridgehead atoms. The van der Waals surface area contributed by atoms with Gasteiger partial charge in [0.25, 0.3) is 5.91 Å². The van der Waals surface area contributed by atoms with E-state index in [4.69, 9.17) is 26.0 Å². The number of piperazine rings is 1. The molecule has 0 unspecified atom stereocenters. The molecule has 2 saturated heterocycles. The normalized spacial score (nSPS) is 18.3. The Kier molecular flexibility index (Phi) is 8.11. The number of hydrogen-bond acceptors (Lipinski definition) is 9. The smallest absolute Gasteiger partial charge is 0.430 e. The highest BCUT2D eigenvalue weighted by Gasteiger charge is 2.45. The SMILES string of the molecule is O=C(Nc1ccc(Oc2ccccc2)cc1)ON1CCC2(CC1)CC(C(=O)N1CCN(c3ncccc3Cl)CC1)=NO2. The van der Waals surface area contributed by atoms with E-state index in [2.05, 4.69) is 20.4 Å². The maximum Gasteiger partial charge on any atom is 0.430 e. The van der Waals surface area contributed by atoms with E-state index in [9.17, 15) is 9.59 Å². The van der Waals surface area contributed by atoms with Gasteiger partial charge in [0.1, 0.15) is 28.6 Å². The second kappa shape index (κ2) is 12.3. The first kappa shape index (κ1) is 27.8. The quantitative estimate of drug-likeness (QED) is 0.430. The zero-order valence-corrected chi connectivity index (χ0v) is 23.7. The molecular formula is C30H31ClN6O5. The van der Waals surface area contributed by atoms with E-state index >= 15 is 0 Å². The number of carbonyl (C=O) groups excluding carboxylic acids is 2. The van der Waals surface area contributed by atoms with Crippen LogP contribution >= 0.6 is 11.6 Å². The van der Waals surface area contributed by atoms with Crippen LogP contribution in [0, 0.1) is 0 Å². The van der Waals surface area contributed by atoms with Gasteiger partial charge in [0, 0.05) is 70.4 Å². The van der Waals surface area contributed by atoms with Crippen LogP contribution in [0.4, 0.5) is 16.3 Å². The third kappa shape index (κ3) is 6.42. The van der Waals surface area contributed by atoms with Gasteiger partial charge in [-0.1, -0.05) is 35.0 Å². The van der Waals surface area contributed by atoms with Crippen LogP contribution in [0.5, 0.6) is 11.5 Å². The first-order chi connectivity index (χ1) is 20.5. The van der Waals surface area contributed by atoms with Gasteiger partial charge in [-0.2, -0.15) is 0 Å². The molecule has 1 aromatic heterocycles. The molecule has 3 aromatic rings. The van der Waals surface area contributed by atoms with Gasteiger partial charge in [0.05, 0.1) is 5.02 Å². The van der Waals surface area contributed by atoms with Crippen molar-refractivity contribution in [3.8, 4) is 11.5 Å². The average Bonchev–Trinajstić information content (AvgIpc) is 3.43. The maximum atomic E-state index is 13.2. The van der Waals surface area contributed by atoms with Crippen LogP contribution < -0.4 is 15.0 Å². The lowest BCUT2D eigenvalue weighted by Crippen LogP contribution is -2.51. The number of pyridine rings is 1. The predicted molar refractivity (Wildman–Crippen MR) is 158 cm³/mol. The molecule has 1 spiro atoms. The van der Waals surface area contributed by atoms with Crippen LogP contribution in [0.15, 0.2) is 78.1 Å². The summed E-state index contributed by atoms with van der Waals surface area (Å²) in [6, 6.07) is 20.1. The van der Waals surface area contributed by atoms with Gasteiger partial charge >= 0.3 is 6.09 Å². The third-order valence-corrected chi connectivity index (χ3v) is 7.91. The van der Waals surface area contributed by atoms with E-state index in [1.165, 1.54) is 0 Å². The lowest BCUT2D eigenvalue weighted by atomic mass is 9.87. The number of oxime groups is 1. The average molecular weight is 591 g/mol. The number of para-hydroxylation sites is 1. The molecule has 1 N–H and O–H groups in total. The van der Waals surface area contributed by atoms with Crippen LogP contribution in [0.2, 0.25) is 5.02 Å². The van der Waals surface area contributed by atoms with E-state index in [1.807, 2.05) is 36.4 Å². The Morgan fingerprint density at radius 2 is 1.60 bits per heavy atom. The number of piperidine rings is 1. The van der Waals surface area contributed by atoms with Crippen LogP contribution in [0.1, 0.15) is 19.3 Å². The molecular weight excluding hydrogens is 560 g/mol. The number of nitrogens with one attached hydrogen (secondary N) is 1. The molecule has 2 aromatic carbocycles. The van der Waals surface area contributed by atoms with Gasteiger partial charge < -0.3 is 24.2 Å². The van der Waals surface area contributed by atoms with Crippen molar-refractivity contribution in [2.75, 3.05) is 49.5 Å². The van der Waals surface area contributed by atoms with E-state index in [1.54, 1.807) is 46.5 Å². The Labute approximate surface area is 248 Å². The highest BCUT2D eigenvalue weighted by Crippen LogP contribution is 2.35. The third-order valence-electron chi connectivity index (χ3n) is 7.62. The summed E-state index contributed by atoms with van der Waals surface area (Å²) in [5, 5.41) is 9.13. The summed E-state index contributed by atoms with van der Waals surface area (Å²) < 4.78 is 5.78. The van der Waals surface area contributed by atoms with E-state index in [-0.39, 0.29) is 5.91 Å². The summed E-state index contributed by atoms with van der Waals surface area (Å²) in [4.78, 5) is 45.3. The standard InChI is InChI=1S/C30H31ClN6O5/c31-25-7-4-14-32-27(25)35-17-19-36(20-18-35)28(38)26-21-30(42-34-26)12-15-37(16-13-30)41-29(39)33-22-8-10-24(11-9-22)40-23-5-2-1-3-6-23/h1-11,14H,12-13,15-21H2,(H,33,39). The molecule has 0 atom stereocenters. The summed E-state index contributed by atoms with van der Waals surface area (Å²) in [6.07, 6.45) is 2.74. The molecule has 11 nitrogen and oxygen atoms in total. The van der Waals surface area contributed by atoms with Crippen LogP contribution in [0.25, 0.3) is 0 Å².